The SMILES string of the molecule is Cc1c(C(=O)O)cc(Cc2cc(C(F)(F)F)ccc2Cl)n1CC1CCCCC1. The van der Waals surface area contributed by atoms with E-state index >= 15 is 0 Å². The highest BCUT2D eigenvalue weighted by molar-refractivity contribution is 6.31. The van der Waals surface area contributed by atoms with Gasteiger partial charge in [0.15, 0.2) is 0 Å². The molecule has 152 valence electrons. The van der Waals surface area contributed by atoms with Crippen LogP contribution in [0.2, 0.25) is 5.02 Å². The van der Waals surface area contributed by atoms with E-state index in [0.717, 1.165) is 37.8 Å². The molecule has 0 aliphatic heterocycles. The third kappa shape index (κ3) is 4.54. The number of carbonyl (C=O) groups is 1. The van der Waals surface area contributed by atoms with Crippen LogP contribution in [-0.2, 0) is 19.1 Å². The molecule has 7 heteroatoms. The zero-order valence-electron chi connectivity index (χ0n) is 15.7. The molecule has 1 aliphatic rings. The maximum atomic E-state index is 13.1. The standard InChI is InChI=1S/C21H23ClF3NO2/c1-13-18(20(27)28)11-17(26(13)12-14-5-3-2-4-6-14)10-15-9-16(21(23,24)25)7-8-19(15)22/h7-9,11,14H,2-6,10,12H2,1H3,(H,27,28). The van der Waals surface area contributed by atoms with Crippen molar-refractivity contribution < 1.29 is 23.1 Å². The van der Waals surface area contributed by atoms with E-state index in [0.29, 0.717) is 29.4 Å². The quantitative estimate of drug-likeness (QED) is 0.621. The van der Waals surface area contributed by atoms with Crippen LogP contribution < -0.4 is 0 Å². The van der Waals surface area contributed by atoms with Gasteiger partial charge in [-0.3, -0.25) is 0 Å². The molecule has 0 unspecified atom stereocenters. The Morgan fingerprint density at radius 2 is 1.89 bits per heavy atom. The van der Waals surface area contributed by atoms with Crippen LogP contribution in [0.15, 0.2) is 24.3 Å². The van der Waals surface area contributed by atoms with E-state index in [9.17, 15) is 23.1 Å². The van der Waals surface area contributed by atoms with Crippen LogP contribution in [0.4, 0.5) is 13.2 Å². The average molecular weight is 414 g/mol. The maximum Gasteiger partial charge on any atom is 0.416 e. The summed E-state index contributed by atoms with van der Waals surface area (Å²) in [6.45, 7) is 2.44. The predicted molar refractivity (Wildman–Crippen MR) is 102 cm³/mol. The van der Waals surface area contributed by atoms with Crippen molar-refractivity contribution >= 4 is 17.6 Å². The van der Waals surface area contributed by atoms with Crippen LogP contribution >= 0.6 is 11.6 Å². The van der Waals surface area contributed by atoms with Crippen molar-refractivity contribution in [3.8, 4) is 0 Å². The summed E-state index contributed by atoms with van der Waals surface area (Å²) in [4.78, 5) is 11.6. The molecule has 1 aromatic carbocycles. The minimum Gasteiger partial charge on any atom is -0.478 e. The van der Waals surface area contributed by atoms with E-state index in [1.807, 2.05) is 4.57 Å². The Bertz CT molecular complexity index is 867. The largest absolute Gasteiger partial charge is 0.478 e. The lowest BCUT2D eigenvalue weighted by molar-refractivity contribution is -0.137. The van der Waals surface area contributed by atoms with E-state index in [1.165, 1.54) is 12.5 Å². The van der Waals surface area contributed by atoms with Crippen molar-refractivity contribution in [3.63, 3.8) is 0 Å². The van der Waals surface area contributed by atoms with Gasteiger partial charge in [-0.2, -0.15) is 13.2 Å². The lowest BCUT2D eigenvalue weighted by atomic mass is 9.89. The first-order chi connectivity index (χ1) is 13.2. The maximum absolute atomic E-state index is 13.1. The number of hydrogen-bond acceptors (Lipinski definition) is 1. The summed E-state index contributed by atoms with van der Waals surface area (Å²) < 4.78 is 41.2. The summed E-state index contributed by atoms with van der Waals surface area (Å²) in [5, 5.41) is 9.74. The molecule has 0 atom stereocenters. The van der Waals surface area contributed by atoms with Crippen molar-refractivity contribution in [2.45, 2.75) is 58.2 Å². The van der Waals surface area contributed by atoms with Crippen molar-refractivity contribution in [1.82, 2.24) is 4.57 Å². The molecule has 3 nitrogen and oxygen atoms in total. The monoisotopic (exact) mass is 413 g/mol. The second-order valence-corrected chi connectivity index (χ2v) is 7.94. The molecular weight excluding hydrogens is 391 g/mol. The number of nitrogens with zero attached hydrogens (tertiary/aromatic N) is 1. The first-order valence-corrected chi connectivity index (χ1v) is 9.82. The molecule has 3 rings (SSSR count). The van der Waals surface area contributed by atoms with Gasteiger partial charge in [0, 0.05) is 29.4 Å². The molecule has 1 aromatic heterocycles. The van der Waals surface area contributed by atoms with Crippen molar-refractivity contribution in [3.05, 3.63) is 57.4 Å². The van der Waals surface area contributed by atoms with Gasteiger partial charge >= 0.3 is 12.1 Å². The van der Waals surface area contributed by atoms with Crippen molar-refractivity contribution in [2.75, 3.05) is 0 Å². The number of alkyl halides is 3. The smallest absolute Gasteiger partial charge is 0.416 e. The van der Waals surface area contributed by atoms with Crippen molar-refractivity contribution in [2.24, 2.45) is 5.92 Å². The Hall–Kier alpha value is -1.95. The fourth-order valence-electron chi connectivity index (χ4n) is 4.04. The molecule has 1 heterocycles. The van der Waals surface area contributed by atoms with Gasteiger partial charge in [0.25, 0.3) is 0 Å². The number of halogens is 4. The Balaban J connectivity index is 1.97. The van der Waals surface area contributed by atoms with E-state index in [1.54, 1.807) is 13.0 Å². The molecule has 0 saturated heterocycles. The average Bonchev–Trinajstić information content (AvgIpc) is 2.93. The number of rotatable bonds is 5. The van der Waals surface area contributed by atoms with E-state index in [4.69, 9.17) is 11.6 Å². The summed E-state index contributed by atoms with van der Waals surface area (Å²) in [5.41, 5.74) is 1.09. The molecule has 1 aliphatic carbocycles. The van der Waals surface area contributed by atoms with Gasteiger partial charge in [-0.25, -0.2) is 4.79 Å². The highest BCUT2D eigenvalue weighted by Gasteiger charge is 2.31. The second kappa shape index (κ2) is 8.19. The third-order valence-corrected chi connectivity index (χ3v) is 5.96. The molecule has 0 bridgehead atoms. The number of aromatic carboxylic acids is 1. The Labute approximate surface area is 167 Å². The van der Waals surface area contributed by atoms with Crippen LogP contribution in [0.1, 0.15) is 65.0 Å². The fourth-order valence-corrected chi connectivity index (χ4v) is 4.22. The van der Waals surface area contributed by atoms with Gasteiger partial charge in [-0.15, -0.1) is 0 Å². The second-order valence-electron chi connectivity index (χ2n) is 7.54. The molecule has 1 N–H and O–H groups in total. The lowest BCUT2D eigenvalue weighted by Gasteiger charge is -2.24. The van der Waals surface area contributed by atoms with E-state index in [2.05, 4.69) is 0 Å². The zero-order chi connectivity index (χ0) is 20.5. The van der Waals surface area contributed by atoms with Crippen LogP contribution in [0, 0.1) is 12.8 Å². The van der Waals surface area contributed by atoms with E-state index in [-0.39, 0.29) is 17.0 Å². The highest BCUT2D eigenvalue weighted by Crippen LogP contribution is 2.33. The number of carboxylic acid groups (broad SMARTS) is 1. The van der Waals surface area contributed by atoms with E-state index < -0.39 is 17.7 Å². The molecule has 0 spiro atoms. The lowest BCUT2D eigenvalue weighted by Crippen LogP contribution is -2.17. The molecule has 0 radical (unpaired) electrons. The van der Waals surface area contributed by atoms with Crippen LogP contribution in [0.25, 0.3) is 0 Å². The van der Waals surface area contributed by atoms with Crippen LogP contribution in [-0.4, -0.2) is 15.6 Å². The Morgan fingerprint density at radius 3 is 2.50 bits per heavy atom. The van der Waals surface area contributed by atoms with Gasteiger partial charge in [0.2, 0.25) is 0 Å². The summed E-state index contributed by atoms with van der Waals surface area (Å²) in [5.74, 6) is -0.575. The van der Waals surface area contributed by atoms with Gasteiger partial charge in [-0.05, 0) is 55.5 Å². The van der Waals surface area contributed by atoms with Crippen LogP contribution in [0.3, 0.4) is 0 Å². The van der Waals surface area contributed by atoms with Gasteiger partial charge in [-0.1, -0.05) is 30.9 Å². The minimum atomic E-state index is -4.45. The van der Waals surface area contributed by atoms with Gasteiger partial charge < -0.3 is 9.67 Å². The number of hydrogen-bond donors (Lipinski definition) is 1. The summed E-state index contributed by atoms with van der Waals surface area (Å²) in [6.07, 6.45) is 1.41. The highest BCUT2D eigenvalue weighted by atomic mass is 35.5. The van der Waals surface area contributed by atoms with Crippen LogP contribution in [0.5, 0.6) is 0 Å². The number of aromatic nitrogens is 1. The third-order valence-electron chi connectivity index (χ3n) is 5.59. The molecule has 28 heavy (non-hydrogen) atoms. The first-order valence-electron chi connectivity index (χ1n) is 9.44. The minimum absolute atomic E-state index is 0.156. The number of benzene rings is 1. The zero-order valence-corrected chi connectivity index (χ0v) is 16.4. The first kappa shape index (κ1) is 20.8. The topological polar surface area (TPSA) is 42.2 Å². The summed E-state index contributed by atoms with van der Waals surface area (Å²) in [7, 11) is 0. The molecular formula is C21H23ClF3NO2. The molecule has 1 saturated carbocycles. The Kier molecular flexibility index (Phi) is 6.08. The van der Waals surface area contributed by atoms with Gasteiger partial charge in [0.1, 0.15) is 0 Å². The fraction of sp³-hybridized carbons (Fsp3) is 0.476. The summed E-state index contributed by atoms with van der Waals surface area (Å²) in [6, 6.07) is 4.83. The Morgan fingerprint density at radius 1 is 1.21 bits per heavy atom. The van der Waals surface area contributed by atoms with Gasteiger partial charge in [0.05, 0.1) is 11.1 Å². The molecule has 2 aromatic rings. The van der Waals surface area contributed by atoms with Crippen molar-refractivity contribution in [1.29, 1.82) is 0 Å². The predicted octanol–water partition coefficient (Wildman–Crippen LogP) is 6.34. The molecule has 0 amide bonds. The molecule has 1 fully saturated rings. The normalized spacial score (nSPS) is 15.8. The summed E-state index contributed by atoms with van der Waals surface area (Å²) >= 11 is 6.16. The number of carboxylic acids is 1.